The van der Waals surface area contributed by atoms with Crippen LogP contribution in [-0.4, -0.2) is 5.91 Å². The molecule has 5 heteroatoms. The minimum absolute atomic E-state index is 0.0177. The molecule has 0 fully saturated rings. The third-order valence-corrected chi connectivity index (χ3v) is 4.67. The van der Waals surface area contributed by atoms with E-state index in [1.54, 1.807) is 0 Å². The summed E-state index contributed by atoms with van der Waals surface area (Å²) in [4.78, 5) is 11.7. The highest BCUT2D eigenvalue weighted by Crippen LogP contribution is 2.18. The molecule has 0 heterocycles. The Kier molecular flexibility index (Phi) is 7.14. The highest BCUT2D eigenvalue weighted by molar-refractivity contribution is 6.30. The van der Waals surface area contributed by atoms with Crippen LogP contribution in [0.15, 0.2) is 72.8 Å². The zero-order valence-electron chi connectivity index (χ0n) is 16.6. The van der Waals surface area contributed by atoms with Gasteiger partial charge in [0.25, 0.3) is 0 Å². The predicted octanol–water partition coefficient (Wildman–Crippen LogP) is 6.13. The van der Waals surface area contributed by atoms with Gasteiger partial charge < -0.3 is 15.4 Å². The second-order valence-electron chi connectivity index (χ2n) is 7.13. The van der Waals surface area contributed by atoms with Crippen molar-refractivity contribution in [1.82, 2.24) is 0 Å². The minimum Gasteiger partial charge on any atom is -0.489 e. The molecule has 0 saturated heterocycles. The maximum atomic E-state index is 11.7. The Bertz CT molecular complexity index is 921. The number of benzene rings is 3. The van der Waals surface area contributed by atoms with Crippen molar-refractivity contribution >= 4 is 28.9 Å². The fraction of sp³-hybridized carbons (Fsp3) is 0.208. The van der Waals surface area contributed by atoms with E-state index in [2.05, 4.69) is 10.6 Å². The molecule has 150 valence electrons. The molecule has 0 aliphatic rings. The van der Waals surface area contributed by atoms with Crippen molar-refractivity contribution in [1.29, 1.82) is 0 Å². The Balaban J connectivity index is 1.47. The second-order valence-corrected chi connectivity index (χ2v) is 7.57. The largest absolute Gasteiger partial charge is 0.489 e. The van der Waals surface area contributed by atoms with Crippen LogP contribution in [0.1, 0.15) is 25.0 Å². The van der Waals surface area contributed by atoms with Gasteiger partial charge in [0.05, 0.1) is 0 Å². The Labute approximate surface area is 176 Å². The quantitative estimate of drug-likeness (QED) is 0.471. The van der Waals surface area contributed by atoms with E-state index in [0.29, 0.717) is 13.2 Å². The molecule has 29 heavy (non-hydrogen) atoms. The van der Waals surface area contributed by atoms with Crippen molar-refractivity contribution in [3.05, 3.63) is 88.9 Å². The molecular weight excluding hydrogens is 384 g/mol. The first kappa shape index (κ1) is 20.7. The molecule has 0 bridgehead atoms. The minimum atomic E-state index is -0.0362. The van der Waals surface area contributed by atoms with Gasteiger partial charge in [-0.05, 0) is 59.7 Å². The molecule has 3 rings (SSSR count). The smallest absolute Gasteiger partial charge is 0.226 e. The van der Waals surface area contributed by atoms with Gasteiger partial charge in [-0.15, -0.1) is 0 Å². The molecule has 0 radical (unpaired) electrons. The van der Waals surface area contributed by atoms with Crippen LogP contribution in [0.25, 0.3) is 0 Å². The topological polar surface area (TPSA) is 50.4 Å². The van der Waals surface area contributed by atoms with Crippen LogP contribution in [0.2, 0.25) is 5.02 Å². The molecular formula is C24H25ClN2O2. The highest BCUT2D eigenvalue weighted by Gasteiger charge is 2.06. The van der Waals surface area contributed by atoms with Crippen molar-refractivity contribution < 1.29 is 9.53 Å². The average Bonchev–Trinajstić information content (AvgIpc) is 2.73. The summed E-state index contributed by atoms with van der Waals surface area (Å²) in [5, 5.41) is 6.99. The summed E-state index contributed by atoms with van der Waals surface area (Å²) < 4.78 is 5.81. The number of halogens is 1. The number of hydrogen-bond acceptors (Lipinski definition) is 3. The second kappa shape index (κ2) is 9.99. The van der Waals surface area contributed by atoms with Gasteiger partial charge in [-0.3, -0.25) is 4.79 Å². The summed E-state index contributed by atoms with van der Waals surface area (Å²) in [5.74, 6) is 0.809. The Morgan fingerprint density at radius 1 is 0.862 bits per heavy atom. The van der Waals surface area contributed by atoms with Crippen molar-refractivity contribution in [3.8, 4) is 5.75 Å². The van der Waals surface area contributed by atoms with Crippen LogP contribution in [-0.2, 0) is 17.9 Å². The number of rotatable bonds is 8. The van der Waals surface area contributed by atoms with Gasteiger partial charge in [-0.25, -0.2) is 0 Å². The fourth-order valence-electron chi connectivity index (χ4n) is 2.61. The molecule has 1 amide bonds. The number of nitrogens with one attached hydrogen (secondary N) is 2. The zero-order valence-corrected chi connectivity index (χ0v) is 17.4. The van der Waals surface area contributed by atoms with Gasteiger partial charge in [0, 0.05) is 28.9 Å². The molecule has 0 aliphatic carbocycles. The third kappa shape index (κ3) is 6.54. The van der Waals surface area contributed by atoms with Crippen LogP contribution < -0.4 is 15.4 Å². The maximum Gasteiger partial charge on any atom is 0.226 e. The number of ether oxygens (including phenoxy) is 1. The van der Waals surface area contributed by atoms with Gasteiger partial charge in [0.2, 0.25) is 5.91 Å². The van der Waals surface area contributed by atoms with E-state index in [4.69, 9.17) is 16.3 Å². The number of amides is 1. The molecule has 0 aliphatic heterocycles. The summed E-state index contributed by atoms with van der Waals surface area (Å²) in [7, 11) is 0. The predicted molar refractivity (Wildman–Crippen MR) is 119 cm³/mol. The maximum absolute atomic E-state index is 11.7. The van der Waals surface area contributed by atoms with Crippen molar-refractivity contribution in [3.63, 3.8) is 0 Å². The van der Waals surface area contributed by atoms with Gasteiger partial charge in [0.1, 0.15) is 12.4 Å². The average molecular weight is 409 g/mol. The summed E-state index contributed by atoms with van der Waals surface area (Å²) >= 11 is 5.90. The lowest BCUT2D eigenvalue weighted by Crippen LogP contribution is -2.17. The van der Waals surface area contributed by atoms with Crippen molar-refractivity contribution in [2.24, 2.45) is 5.92 Å². The van der Waals surface area contributed by atoms with Gasteiger partial charge in [-0.2, -0.15) is 0 Å². The summed E-state index contributed by atoms with van der Waals surface area (Å²) in [6.07, 6.45) is 0. The molecule has 0 saturated carbocycles. The molecule has 0 unspecified atom stereocenters. The van der Waals surface area contributed by atoms with E-state index in [1.807, 2.05) is 86.6 Å². The summed E-state index contributed by atoms with van der Waals surface area (Å²) in [6, 6.07) is 23.4. The Morgan fingerprint density at radius 3 is 2.07 bits per heavy atom. The van der Waals surface area contributed by atoms with Crippen molar-refractivity contribution in [2.75, 3.05) is 10.6 Å². The van der Waals surface area contributed by atoms with Crippen LogP contribution in [0.4, 0.5) is 11.4 Å². The standard InChI is InChI=1S/C24H25ClN2O2/c1-17(2)24(28)27-22-11-9-21(10-12-22)26-15-18-5-13-23(14-6-18)29-16-19-3-7-20(25)8-4-19/h3-14,17,26H,15-16H2,1-2H3,(H,27,28). The monoisotopic (exact) mass is 408 g/mol. The molecule has 0 atom stereocenters. The first-order valence-electron chi connectivity index (χ1n) is 9.60. The van der Waals surface area contributed by atoms with Crippen LogP contribution in [0, 0.1) is 5.92 Å². The van der Waals surface area contributed by atoms with Gasteiger partial charge >= 0.3 is 0 Å². The van der Waals surface area contributed by atoms with E-state index < -0.39 is 0 Å². The number of carbonyl (C=O) groups excluding carboxylic acids is 1. The zero-order chi connectivity index (χ0) is 20.6. The Hall–Kier alpha value is -2.98. The molecule has 2 N–H and O–H groups in total. The lowest BCUT2D eigenvalue weighted by Gasteiger charge is -2.11. The summed E-state index contributed by atoms with van der Waals surface area (Å²) in [5.41, 5.74) is 4.03. The van der Waals surface area contributed by atoms with Crippen LogP contribution in [0.3, 0.4) is 0 Å². The first-order valence-corrected chi connectivity index (χ1v) is 9.98. The SMILES string of the molecule is CC(C)C(=O)Nc1ccc(NCc2ccc(OCc3ccc(Cl)cc3)cc2)cc1. The molecule has 3 aromatic carbocycles. The van der Waals surface area contributed by atoms with E-state index >= 15 is 0 Å². The van der Waals surface area contributed by atoms with E-state index in [1.165, 1.54) is 0 Å². The molecule has 0 aromatic heterocycles. The highest BCUT2D eigenvalue weighted by atomic mass is 35.5. The third-order valence-electron chi connectivity index (χ3n) is 4.42. The summed E-state index contributed by atoms with van der Waals surface area (Å²) in [6.45, 7) is 4.96. The van der Waals surface area contributed by atoms with Gasteiger partial charge in [-0.1, -0.05) is 49.7 Å². The van der Waals surface area contributed by atoms with Crippen LogP contribution >= 0.6 is 11.6 Å². The number of carbonyl (C=O) groups is 1. The van der Waals surface area contributed by atoms with E-state index in [0.717, 1.165) is 33.3 Å². The van der Waals surface area contributed by atoms with E-state index in [-0.39, 0.29) is 11.8 Å². The number of hydrogen-bond donors (Lipinski definition) is 2. The first-order chi connectivity index (χ1) is 14.0. The van der Waals surface area contributed by atoms with Gasteiger partial charge in [0.15, 0.2) is 0 Å². The fourth-order valence-corrected chi connectivity index (χ4v) is 2.74. The van der Waals surface area contributed by atoms with Crippen molar-refractivity contribution in [2.45, 2.75) is 27.0 Å². The van der Waals surface area contributed by atoms with Crippen LogP contribution in [0.5, 0.6) is 5.75 Å². The number of anilines is 2. The molecule has 4 nitrogen and oxygen atoms in total. The lowest BCUT2D eigenvalue weighted by atomic mass is 10.2. The normalized spacial score (nSPS) is 10.6. The molecule has 3 aromatic rings. The molecule has 0 spiro atoms. The van der Waals surface area contributed by atoms with E-state index in [9.17, 15) is 4.79 Å². The lowest BCUT2D eigenvalue weighted by molar-refractivity contribution is -0.118. The Morgan fingerprint density at radius 2 is 1.45 bits per heavy atom.